The molecule has 0 radical (unpaired) electrons. The van der Waals surface area contributed by atoms with Crippen LogP contribution in [0.4, 0.5) is 0 Å². The Morgan fingerprint density at radius 2 is 2.05 bits per heavy atom. The van der Waals surface area contributed by atoms with E-state index in [4.69, 9.17) is 11.6 Å². The van der Waals surface area contributed by atoms with Gasteiger partial charge in [0.1, 0.15) is 0 Å². The largest absolute Gasteiger partial charge is 0.389 e. The van der Waals surface area contributed by atoms with Gasteiger partial charge in [-0.15, -0.1) is 0 Å². The van der Waals surface area contributed by atoms with E-state index in [2.05, 4.69) is 32.8 Å². The summed E-state index contributed by atoms with van der Waals surface area (Å²) in [6.45, 7) is 11.5. The SMILES string of the molecule is CCn1nc(C)c(Cl)c1CC1(O)CC(C)CC(C)(C)C1. The smallest absolute Gasteiger partial charge is 0.0848 e. The molecule has 1 aromatic rings. The zero-order valence-electron chi connectivity index (χ0n) is 13.3. The van der Waals surface area contributed by atoms with Crippen molar-refractivity contribution >= 4 is 11.6 Å². The maximum absolute atomic E-state index is 11.1. The first-order valence-electron chi connectivity index (χ1n) is 7.60. The lowest BCUT2D eigenvalue weighted by molar-refractivity contribution is -0.0586. The zero-order chi connectivity index (χ0) is 15.1. The minimum atomic E-state index is -0.662. The van der Waals surface area contributed by atoms with Crippen molar-refractivity contribution in [3.8, 4) is 0 Å². The summed E-state index contributed by atoms with van der Waals surface area (Å²) in [5.74, 6) is 0.543. The molecular weight excluding hydrogens is 272 g/mol. The van der Waals surface area contributed by atoms with Crippen molar-refractivity contribution in [3.05, 3.63) is 16.4 Å². The van der Waals surface area contributed by atoms with Crippen molar-refractivity contribution < 1.29 is 5.11 Å². The lowest BCUT2D eigenvalue weighted by atomic mass is 9.64. The monoisotopic (exact) mass is 298 g/mol. The minimum absolute atomic E-state index is 0.186. The van der Waals surface area contributed by atoms with Crippen molar-refractivity contribution in [2.75, 3.05) is 0 Å². The van der Waals surface area contributed by atoms with Gasteiger partial charge < -0.3 is 5.11 Å². The highest BCUT2D eigenvalue weighted by Gasteiger charge is 2.42. The van der Waals surface area contributed by atoms with Crippen LogP contribution >= 0.6 is 11.6 Å². The Kier molecular flexibility index (Phi) is 4.23. The van der Waals surface area contributed by atoms with Crippen LogP contribution < -0.4 is 0 Å². The molecule has 2 rings (SSSR count). The van der Waals surface area contributed by atoms with Gasteiger partial charge in [0.2, 0.25) is 0 Å². The molecule has 1 N–H and O–H groups in total. The molecular formula is C16H27ClN2O. The molecule has 0 aliphatic heterocycles. The molecule has 4 heteroatoms. The maximum atomic E-state index is 11.1. The number of halogens is 1. The van der Waals surface area contributed by atoms with Crippen molar-refractivity contribution in [1.82, 2.24) is 9.78 Å². The molecule has 0 bridgehead atoms. The molecule has 1 fully saturated rings. The minimum Gasteiger partial charge on any atom is -0.389 e. The van der Waals surface area contributed by atoms with Crippen molar-refractivity contribution in [2.45, 2.75) is 72.4 Å². The fraction of sp³-hybridized carbons (Fsp3) is 0.812. The molecule has 2 unspecified atom stereocenters. The van der Waals surface area contributed by atoms with E-state index in [9.17, 15) is 5.11 Å². The van der Waals surface area contributed by atoms with Crippen LogP contribution in [0.5, 0.6) is 0 Å². The standard InChI is InChI=1S/C16H27ClN2O/c1-6-19-13(14(17)12(3)18-19)9-16(20)8-11(2)7-15(4,5)10-16/h11,20H,6-10H2,1-5H3. The number of rotatable bonds is 3. The second-order valence-corrected chi connectivity index (χ2v) is 7.80. The Hall–Kier alpha value is -0.540. The Balaban J connectivity index is 2.28. The van der Waals surface area contributed by atoms with Crippen LogP contribution in [0.1, 0.15) is 58.3 Å². The van der Waals surface area contributed by atoms with Crippen molar-refractivity contribution in [1.29, 1.82) is 0 Å². The number of aryl methyl sites for hydroxylation is 2. The first-order chi connectivity index (χ1) is 9.16. The van der Waals surface area contributed by atoms with Crippen LogP contribution in [0.2, 0.25) is 5.02 Å². The van der Waals surface area contributed by atoms with Gasteiger partial charge >= 0.3 is 0 Å². The number of hydrogen-bond donors (Lipinski definition) is 1. The Labute approximate surface area is 127 Å². The number of aliphatic hydroxyl groups is 1. The molecule has 0 aromatic carbocycles. The Morgan fingerprint density at radius 3 is 2.60 bits per heavy atom. The van der Waals surface area contributed by atoms with Gasteiger partial charge in [-0.1, -0.05) is 32.4 Å². The lowest BCUT2D eigenvalue weighted by Gasteiger charge is -2.44. The maximum Gasteiger partial charge on any atom is 0.0848 e. The molecule has 0 saturated heterocycles. The molecule has 114 valence electrons. The second-order valence-electron chi connectivity index (χ2n) is 7.42. The average Bonchev–Trinajstić information content (AvgIpc) is 2.53. The third kappa shape index (κ3) is 3.20. The Morgan fingerprint density at radius 1 is 1.40 bits per heavy atom. The highest BCUT2D eigenvalue weighted by molar-refractivity contribution is 6.31. The molecule has 1 heterocycles. The van der Waals surface area contributed by atoms with Crippen molar-refractivity contribution in [3.63, 3.8) is 0 Å². The molecule has 2 atom stereocenters. The highest BCUT2D eigenvalue weighted by Crippen LogP contribution is 2.45. The Bertz CT molecular complexity index is 495. The van der Waals surface area contributed by atoms with E-state index in [0.717, 1.165) is 35.8 Å². The van der Waals surface area contributed by atoms with Crippen LogP contribution in [-0.2, 0) is 13.0 Å². The van der Waals surface area contributed by atoms with Crippen LogP contribution in [0.3, 0.4) is 0 Å². The van der Waals surface area contributed by atoms with Gasteiger partial charge in [0.25, 0.3) is 0 Å². The van der Waals surface area contributed by atoms with Crippen molar-refractivity contribution in [2.24, 2.45) is 11.3 Å². The summed E-state index contributed by atoms with van der Waals surface area (Å²) >= 11 is 6.39. The van der Waals surface area contributed by atoms with E-state index >= 15 is 0 Å². The summed E-state index contributed by atoms with van der Waals surface area (Å²) in [5.41, 5.74) is 1.36. The predicted molar refractivity (Wildman–Crippen MR) is 83.1 cm³/mol. The van der Waals surface area contributed by atoms with Gasteiger partial charge in [0.05, 0.1) is 22.0 Å². The van der Waals surface area contributed by atoms with E-state index < -0.39 is 5.60 Å². The lowest BCUT2D eigenvalue weighted by Crippen LogP contribution is -2.44. The number of aromatic nitrogens is 2. The molecule has 1 aliphatic carbocycles. The first kappa shape index (κ1) is 15.8. The summed E-state index contributed by atoms with van der Waals surface area (Å²) < 4.78 is 1.93. The van der Waals surface area contributed by atoms with Crippen LogP contribution in [0.15, 0.2) is 0 Å². The summed E-state index contributed by atoms with van der Waals surface area (Å²) in [6.07, 6.45) is 3.46. The normalized spacial score (nSPS) is 29.6. The first-order valence-corrected chi connectivity index (χ1v) is 7.98. The topological polar surface area (TPSA) is 38.0 Å². The number of nitrogens with zero attached hydrogens (tertiary/aromatic N) is 2. The quantitative estimate of drug-likeness (QED) is 0.916. The van der Waals surface area contributed by atoms with Gasteiger partial charge in [0, 0.05) is 13.0 Å². The van der Waals surface area contributed by atoms with E-state index in [1.165, 1.54) is 6.42 Å². The summed E-state index contributed by atoms with van der Waals surface area (Å²) in [7, 11) is 0. The third-order valence-corrected chi connectivity index (χ3v) is 4.88. The van der Waals surface area contributed by atoms with Gasteiger partial charge in [-0.25, -0.2) is 0 Å². The molecule has 0 spiro atoms. The van der Waals surface area contributed by atoms with E-state index in [1.807, 2.05) is 11.6 Å². The summed E-state index contributed by atoms with van der Waals surface area (Å²) in [6, 6.07) is 0. The highest BCUT2D eigenvalue weighted by atomic mass is 35.5. The van der Waals surface area contributed by atoms with E-state index in [1.54, 1.807) is 0 Å². The number of hydrogen-bond acceptors (Lipinski definition) is 2. The van der Waals surface area contributed by atoms with Gasteiger partial charge in [-0.3, -0.25) is 4.68 Å². The van der Waals surface area contributed by atoms with Crippen LogP contribution in [0.25, 0.3) is 0 Å². The van der Waals surface area contributed by atoms with Crippen LogP contribution in [0, 0.1) is 18.3 Å². The molecule has 1 aliphatic rings. The van der Waals surface area contributed by atoms with E-state index in [-0.39, 0.29) is 5.41 Å². The average molecular weight is 299 g/mol. The fourth-order valence-electron chi connectivity index (χ4n) is 4.18. The van der Waals surface area contributed by atoms with Gasteiger partial charge in [-0.05, 0) is 44.4 Å². The zero-order valence-corrected chi connectivity index (χ0v) is 14.1. The molecule has 3 nitrogen and oxygen atoms in total. The summed E-state index contributed by atoms with van der Waals surface area (Å²) in [5, 5.41) is 16.3. The third-order valence-electron chi connectivity index (χ3n) is 4.39. The predicted octanol–water partition coefficient (Wildman–Crippen LogP) is 3.98. The fourth-order valence-corrected chi connectivity index (χ4v) is 4.39. The van der Waals surface area contributed by atoms with Crippen LogP contribution in [-0.4, -0.2) is 20.5 Å². The molecule has 1 saturated carbocycles. The molecule has 0 amide bonds. The molecule has 1 aromatic heterocycles. The van der Waals surface area contributed by atoms with Gasteiger partial charge in [0.15, 0.2) is 0 Å². The molecule has 20 heavy (non-hydrogen) atoms. The van der Waals surface area contributed by atoms with E-state index in [0.29, 0.717) is 12.3 Å². The second kappa shape index (κ2) is 5.34. The summed E-state index contributed by atoms with van der Waals surface area (Å²) in [4.78, 5) is 0. The van der Waals surface area contributed by atoms with Gasteiger partial charge in [-0.2, -0.15) is 5.10 Å².